The molecule has 0 saturated carbocycles. The van der Waals surface area contributed by atoms with Crippen LogP contribution in [0.15, 0.2) is 10.3 Å². The molecule has 7 heavy (non-hydrogen) atoms. The number of nitrogens with zero attached hydrogens (tertiary/aromatic N) is 3. The number of hydrogen-bond donors (Lipinski definition) is 1. The van der Waals surface area contributed by atoms with Crippen molar-refractivity contribution in [2.24, 2.45) is 10.3 Å². The Labute approximate surface area is 39.6 Å². The summed E-state index contributed by atoms with van der Waals surface area (Å²) in [4.78, 5) is 12.1. The zero-order chi connectivity index (χ0) is 5.54. The summed E-state index contributed by atoms with van der Waals surface area (Å²) in [5.74, 6) is 0. The third kappa shape index (κ3) is 4.56. The molecular weight excluding hydrogens is 96.0 g/mol. The van der Waals surface area contributed by atoms with Gasteiger partial charge < -0.3 is 0 Å². The lowest BCUT2D eigenvalue weighted by molar-refractivity contribution is 1.04. The molecular formula is C2H2N4O. The average molecular weight is 98.1 g/mol. The van der Waals surface area contributed by atoms with Gasteiger partial charge in [-0.1, -0.05) is 0 Å². The highest BCUT2D eigenvalue weighted by atomic mass is 16.3. The van der Waals surface area contributed by atoms with Gasteiger partial charge in [0.1, 0.15) is 6.34 Å². The van der Waals surface area contributed by atoms with Crippen LogP contribution in [0.5, 0.6) is 0 Å². The second-order valence-electron chi connectivity index (χ2n) is 0.579. The summed E-state index contributed by atoms with van der Waals surface area (Å²) in [6.07, 6.45) is 2.31. The van der Waals surface area contributed by atoms with Crippen LogP contribution in [0.4, 0.5) is 0 Å². The number of hydrogen-bond acceptors (Lipinski definition) is 4. The van der Waals surface area contributed by atoms with Crippen molar-refractivity contribution in [1.82, 2.24) is 5.43 Å². The number of aliphatic imine (C=N–C) groups is 1. The Hall–Kier alpha value is -1.44. The van der Waals surface area contributed by atoms with Crippen molar-refractivity contribution in [2.45, 2.75) is 0 Å². The fraction of sp³-hybridized carbons (Fsp3) is 0. The smallest absolute Gasteiger partial charge is 0.207 e. The van der Waals surface area contributed by atoms with E-state index in [1.54, 1.807) is 5.43 Å². The summed E-state index contributed by atoms with van der Waals surface area (Å²) in [6.45, 7) is 0. The standard InChI is InChI=1S/C2H2N4O/c3-1-4-2-5-6-7/h2H,(H,4,5,7). The Kier molecular flexibility index (Phi) is 3.62. The van der Waals surface area contributed by atoms with Gasteiger partial charge in [0, 0.05) is 0 Å². The maximum atomic E-state index is 9.12. The SMILES string of the molecule is N#CN=CNN=O. The zero-order valence-electron chi connectivity index (χ0n) is 3.33. The Balaban J connectivity index is 3.14. The van der Waals surface area contributed by atoms with Gasteiger partial charge >= 0.3 is 0 Å². The molecule has 0 aromatic heterocycles. The van der Waals surface area contributed by atoms with Crippen LogP contribution in [-0.4, -0.2) is 6.34 Å². The third-order valence-electron chi connectivity index (χ3n) is 0.233. The Bertz CT molecular complexity index is 111. The van der Waals surface area contributed by atoms with Gasteiger partial charge in [-0.2, -0.15) is 10.3 Å². The van der Waals surface area contributed by atoms with E-state index in [-0.39, 0.29) is 0 Å². The van der Waals surface area contributed by atoms with E-state index in [1.165, 1.54) is 6.19 Å². The quantitative estimate of drug-likeness (QED) is 0.170. The van der Waals surface area contributed by atoms with Crippen molar-refractivity contribution in [3.63, 3.8) is 0 Å². The molecule has 0 spiro atoms. The van der Waals surface area contributed by atoms with Gasteiger partial charge in [-0.25, -0.2) is 5.43 Å². The van der Waals surface area contributed by atoms with Gasteiger partial charge in [-0.15, -0.1) is 4.91 Å². The molecule has 0 aromatic carbocycles. The molecule has 36 valence electrons. The zero-order valence-corrected chi connectivity index (χ0v) is 3.33. The van der Waals surface area contributed by atoms with Gasteiger partial charge in [0.2, 0.25) is 6.19 Å². The molecule has 0 bridgehead atoms. The first kappa shape index (κ1) is 5.56. The van der Waals surface area contributed by atoms with E-state index in [0.29, 0.717) is 0 Å². The number of nitriles is 1. The number of nitroso groups, excluding NO2 is 1. The highest BCUT2D eigenvalue weighted by Gasteiger charge is 1.61. The van der Waals surface area contributed by atoms with E-state index < -0.39 is 0 Å². The lowest BCUT2D eigenvalue weighted by atomic mass is 11.2. The highest BCUT2D eigenvalue weighted by Crippen LogP contribution is 1.50. The topological polar surface area (TPSA) is 77.6 Å². The summed E-state index contributed by atoms with van der Waals surface area (Å²) in [7, 11) is 0. The van der Waals surface area contributed by atoms with Crippen molar-refractivity contribution >= 4 is 6.34 Å². The molecule has 0 fully saturated rings. The lowest BCUT2D eigenvalue weighted by Gasteiger charge is -1.70. The van der Waals surface area contributed by atoms with Gasteiger partial charge in [0.15, 0.2) is 0 Å². The maximum absolute atomic E-state index is 9.12. The molecule has 0 amide bonds. The molecule has 0 aliphatic carbocycles. The second kappa shape index (κ2) is 4.56. The van der Waals surface area contributed by atoms with Gasteiger partial charge in [0.25, 0.3) is 0 Å². The Morgan fingerprint density at radius 2 is 2.57 bits per heavy atom. The maximum Gasteiger partial charge on any atom is 0.207 e. The first-order chi connectivity index (χ1) is 3.41. The molecule has 0 unspecified atom stereocenters. The first-order valence-electron chi connectivity index (χ1n) is 1.40. The van der Waals surface area contributed by atoms with E-state index in [1.807, 2.05) is 0 Å². The second-order valence-corrected chi connectivity index (χ2v) is 0.579. The molecule has 1 N–H and O–H groups in total. The fourth-order valence-electron chi connectivity index (χ4n) is 0.0813. The van der Waals surface area contributed by atoms with E-state index in [2.05, 4.69) is 10.3 Å². The van der Waals surface area contributed by atoms with Crippen LogP contribution in [0.25, 0.3) is 0 Å². The van der Waals surface area contributed by atoms with Crippen molar-refractivity contribution in [3.8, 4) is 6.19 Å². The van der Waals surface area contributed by atoms with E-state index in [4.69, 9.17) is 10.2 Å². The molecule has 0 aliphatic heterocycles. The molecule has 0 radical (unpaired) electrons. The molecule has 0 heterocycles. The summed E-state index contributed by atoms with van der Waals surface area (Å²) >= 11 is 0. The van der Waals surface area contributed by atoms with Crippen LogP contribution in [-0.2, 0) is 0 Å². The Morgan fingerprint density at radius 3 is 3.00 bits per heavy atom. The summed E-state index contributed by atoms with van der Waals surface area (Å²) in [6, 6.07) is 0. The van der Waals surface area contributed by atoms with Crippen LogP contribution in [0.1, 0.15) is 0 Å². The summed E-state index contributed by atoms with van der Waals surface area (Å²) in [5.41, 5.74) is 1.80. The minimum Gasteiger partial charge on any atom is -0.230 e. The summed E-state index contributed by atoms with van der Waals surface area (Å²) in [5, 5.41) is 9.83. The number of rotatable bonds is 2. The van der Waals surface area contributed by atoms with Crippen molar-refractivity contribution < 1.29 is 0 Å². The van der Waals surface area contributed by atoms with Crippen molar-refractivity contribution in [1.29, 1.82) is 5.26 Å². The molecule has 0 aliphatic rings. The first-order valence-corrected chi connectivity index (χ1v) is 1.40. The summed E-state index contributed by atoms with van der Waals surface area (Å²) < 4.78 is 0. The molecule has 0 atom stereocenters. The van der Waals surface area contributed by atoms with Crippen LogP contribution < -0.4 is 5.43 Å². The van der Waals surface area contributed by atoms with Crippen LogP contribution in [0, 0.1) is 16.4 Å². The van der Waals surface area contributed by atoms with Crippen LogP contribution in [0.3, 0.4) is 0 Å². The van der Waals surface area contributed by atoms with E-state index in [0.717, 1.165) is 6.34 Å². The molecule has 0 saturated heterocycles. The lowest BCUT2D eigenvalue weighted by Crippen LogP contribution is -1.96. The van der Waals surface area contributed by atoms with E-state index in [9.17, 15) is 0 Å². The molecule has 5 nitrogen and oxygen atoms in total. The highest BCUT2D eigenvalue weighted by molar-refractivity contribution is 5.54. The van der Waals surface area contributed by atoms with Crippen LogP contribution >= 0.6 is 0 Å². The normalized spacial score (nSPS) is 7.86. The third-order valence-corrected chi connectivity index (χ3v) is 0.233. The predicted molar refractivity (Wildman–Crippen MR) is 23.0 cm³/mol. The molecule has 0 aromatic rings. The van der Waals surface area contributed by atoms with Crippen molar-refractivity contribution in [2.75, 3.05) is 0 Å². The van der Waals surface area contributed by atoms with Gasteiger partial charge in [0.05, 0.1) is 5.29 Å². The van der Waals surface area contributed by atoms with Gasteiger partial charge in [-0.05, 0) is 0 Å². The molecule has 0 rings (SSSR count). The Morgan fingerprint density at radius 1 is 1.86 bits per heavy atom. The van der Waals surface area contributed by atoms with Crippen LogP contribution in [0.2, 0.25) is 0 Å². The van der Waals surface area contributed by atoms with Crippen molar-refractivity contribution in [3.05, 3.63) is 4.91 Å². The molecule has 5 heteroatoms. The largest absolute Gasteiger partial charge is 0.230 e. The van der Waals surface area contributed by atoms with E-state index >= 15 is 0 Å². The number of nitrogens with one attached hydrogen (secondary N) is 1. The van der Waals surface area contributed by atoms with Gasteiger partial charge in [-0.3, -0.25) is 0 Å². The monoisotopic (exact) mass is 98.0 g/mol. The predicted octanol–water partition coefficient (Wildman–Crippen LogP) is -0.233. The minimum atomic E-state index is 0.896. The fourth-order valence-corrected chi connectivity index (χ4v) is 0.0813. The average Bonchev–Trinajstić information content (AvgIpc) is 1.69. The minimum absolute atomic E-state index is 0.896.